The first-order valence-electron chi connectivity index (χ1n) is 9.61. The topological polar surface area (TPSA) is 78.5 Å². The van der Waals surface area contributed by atoms with Gasteiger partial charge in [-0.15, -0.1) is 0 Å². The molecule has 1 heterocycles. The molecule has 156 valence electrons. The summed E-state index contributed by atoms with van der Waals surface area (Å²) in [5, 5.41) is 2.82. The van der Waals surface area contributed by atoms with E-state index in [-0.39, 0.29) is 11.7 Å². The summed E-state index contributed by atoms with van der Waals surface area (Å²) in [6.45, 7) is 1.98. The Kier molecular flexibility index (Phi) is 6.87. The molecule has 1 amide bonds. The lowest BCUT2D eigenvalue weighted by atomic mass is 9.90. The molecule has 29 heavy (non-hydrogen) atoms. The molecule has 0 spiro atoms. The van der Waals surface area contributed by atoms with Gasteiger partial charge in [0, 0.05) is 5.69 Å². The SMILES string of the molecule is CS(=O)(=O)Nc1cccc(NC(=O)CN2CCC(Cc3ccc(F)cc3)CC2)c1. The van der Waals surface area contributed by atoms with E-state index in [0.29, 0.717) is 23.8 Å². The Bertz CT molecular complexity index is 940. The minimum atomic E-state index is -3.36. The van der Waals surface area contributed by atoms with Gasteiger partial charge < -0.3 is 5.32 Å². The molecule has 2 N–H and O–H groups in total. The number of rotatable bonds is 7. The van der Waals surface area contributed by atoms with Crippen LogP contribution in [0.15, 0.2) is 48.5 Å². The van der Waals surface area contributed by atoms with Crippen LogP contribution in [0.3, 0.4) is 0 Å². The zero-order valence-electron chi connectivity index (χ0n) is 16.4. The number of carbonyl (C=O) groups is 1. The molecule has 0 aliphatic carbocycles. The number of hydrogen-bond donors (Lipinski definition) is 2. The number of hydrogen-bond acceptors (Lipinski definition) is 4. The van der Waals surface area contributed by atoms with Crippen molar-refractivity contribution in [1.29, 1.82) is 0 Å². The summed E-state index contributed by atoms with van der Waals surface area (Å²) in [7, 11) is -3.36. The number of anilines is 2. The molecule has 2 aromatic rings. The van der Waals surface area contributed by atoms with Crippen LogP contribution in [-0.4, -0.2) is 45.1 Å². The molecule has 1 aliphatic rings. The van der Waals surface area contributed by atoms with Gasteiger partial charge in [-0.3, -0.25) is 14.4 Å². The van der Waals surface area contributed by atoms with Gasteiger partial charge in [0.15, 0.2) is 0 Å². The highest BCUT2D eigenvalue weighted by molar-refractivity contribution is 7.92. The summed E-state index contributed by atoms with van der Waals surface area (Å²) in [6.07, 6.45) is 4.01. The number of benzene rings is 2. The second-order valence-electron chi connectivity index (χ2n) is 7.55. The van der Waals surface area contributed by atoms with Gasteiger partial charge in [0.1, 0.15) is 5.82 Å². The van der Waals surface area contributed by atoms with Gasteiger partial charge in [-0.1, -0.05) is 18.2 Å². The number of nitrogens with zero attached hydrogens (tertiary/aromatic N) is 1. The van der Waals surface area contributed by atoms with E-state index in [2.05, 4.69) is 14.9 Å². The third-order valence-electron chi connectivity index (χ3n) is 4.96. The molecule has 1 fully saturated rings. The zero-order chi connectivity index (χ0) is 20.9. The van der Waals surface area contributed by atoms with Gasteiger partial charge in [0.05, 0.1) is 18.5 Å². The van der Waals surface area contributed by atoms with E-state index in [1.807, 2.05) is 12.1 Å². The lowest BCUT2D eigenvalue weighted by molar-refractivity contribution is -0.117. The molecular formula is C21H26FN3O3S. The molecule has 0 radical (unpaired) electrons. The average Bonchev–Trinajstić information content (AvgIpc) is 2.64. The summed E-state index contributed by atoms with van der Waals surface area (Å²) in [4.78, 5) is 14.5. The van der Waals surface area contributed by atoms with E-state index in [0.717, 1.165) is 44.2 Å². The molecule has 6 nitrogen and oxygen atoms in total. The van der Waals surface area contributed by atoms with Crippen LogP contribution in [0, 0.1) is 11.7 Å². The lowest BCUT2D eigenvalue weighted by Gasteiger charge is -2.31. The van der Waals surface area contributed by atoms with Crippen LogP contribution in [0.2, 0.25) is 0 Å². The molecule has 0 saturated carbocycles. The highest BCUT2D eigenvalue weighted by Crippen LogP contribution is 2.22. The van der Waals surface area contributed by atoms with E-state index in [9.17, 15) is 17.6 Å². The van der Waals surface area contributed by atoms with Crippen molar-refractivity contribution in [3.8, 4) is 0 Å². The van der Waals surface area contributed by atoms with Crippen molar-refractivity contribution in [3.05, 3.63) is 59.9 Å². The third-order valence-corrected chi connectivity index (χ3v) is 5.57. The minimum Gasteiger partial charge on any atom is -0.325 e. The second kappa shape index (κ2) is 9.37. The Hall–Kier alpha value is -2.45. The van der Waals surface area contributed by atoms with Gasteiger partial charge in [-0.25, -0.2) is 12.8 Å². The Balaban J connectivity index is 1.45. The molecule has 0 bridgehead atoms. The summed E-state index contributed by atoms with van der Waals surface area (Å²) < 4.78 is 38.1. The second-order valence-corrected chi connectivity index (χ2v) is 9.30. The molecule has 1 aliphatic heterocycles. The van der Waals surface area contributed by atoms with Crippen molar-refractivity contribution >= 4 is 27.3 Å². The molecule has 3 rings (SSSR count). The van der Waals surface area contributed by atoms with Crippen molar-refractivity contribution in [1.82, 2.24) is 4.90 Å². The van der Waals surface area contributed by atoms with Gasteiger partial charge >= 0.3 is 0 Å². The molecule has 0 unspecified atom stereocenters. The zero-order valence-corrected chi connectivity index (χ0v) is 17.2. The Morgan fingerprint density at radius 3 is 2.41 bits per heavy atom. The molecule has 2 aromatic carbocycles. The van der Waals surface area contributed by atoms with Gasteiger partial charge in [-0.2, -0.15) is 0 Å². The van der Waals surface area contributed by atoms with Crippen LogP contribution >= 0.6 is 0 Å². The van der Waals surface area contributed by atoms with Crippen LogP contribution < -0.4 is 10.0 Å². The van der Waals surface area contributed by atoms with Gasteiger partial charge in [0.2, 0.25) is 15.9 Å². The quantitative estimate of drug-likeness (QED) is 0.723. The number of likely N-dealkylation sites (tertiary alicyclic amines) is 1. The highest BCUT2D eigenvalue weighted by atomic mass is 32.2. The number of sulfonamides is 1. The van der Waals surface area contributed by atoms with E-state index >= 15 is 0 Å². The van der Waals surface area contributed by atoms with Crippen LogP contribution in [0.4, 0.5) is 15.8 Å². The summed E-state index contributed by atoms with van der Waals surface area (Å²) in [6, 6.07) is 13.3. The smallest absolute Gasteiger partial charge is 0.238 e. The molecule has 8 heteroatoms. The molecular weight excluding hydrogens is 393 g/mol. The van der Waals surface area contributed by atoms with Gasteiger partial charge in [-0.05, 0) is 74.2 Å². The van der Waals surface area contributed by atoms with Crippen molar-refractivity contribution < 1.29 is 17.6 Å². The van der Waals surface area contributed by atoms with E-state index in [4.69, 9.17) is 0 Å². The summed E-state index contributed by atoms with van der Waals surface area (Å²) >= 11 is 0. The average molecular weight is 420 g/mol. The number of nitrogens with one attached hydrogen (secondary N) is 2. The van der Waals surface area contributed by atoms with Crippen LogP contribution in [0.25, 0.3) is 0 Å². The first-order valence-corrected chi connectivity index (χ1v) is 11.5. The third kappa shape index (κ3) is 7.14. The number of carbonyl (C=O) groups excluding carboxylic acids is 1. The van der Waals surface area contributed by atoms with Crippen molar-refractivity contribution in [2.75, 3.05) is 35.9 Å². The monoisotopic (exact) mass is 419 g/mol. The van der Waals surface area contributed by atoms with E-state index in [1.54, 1.807) is 24.3 Å². The Morgan fingerprint density at radius 2 is 1.76 bits per heavy atom. The fourth-order valence-corrected chi connectivity index (χ4v) is 4.14. The van der Waals surface area contributed by atoms with E-state index in [1.165, 1.54) is 12.1 Å². The van der Waals surface area contributed by atoms with Crippen molar-refractivity contribution in [3.63, 3.8) is 0 Å². The lowest BCUT2D eigenvalue weighted by Crippen LogP contribution is -2.39. The maximum Gasteiger partial charge on any atom is 0.238 e. The van der Waals surface area contributed by atoms with Crippen LogP contribution in [0.5, 0.6) is 0 Å². The predicted octanol–water partition coefficient (Wildman–Crippen LogP) is 3.09. The van der Waals surface area contributed by atoms with Crippen molar-refractivity contribution in [2.24, 2.45) is 5.92 Å². The molecule has 1 saturated heterocycles. The minimum absolute atomic E-state index is 0.126. The largest absolute Gasteiger partial charge is 0.325 e. The number of amides is 1. The number of piperidine rings is 1. The van der Waals surface area contributed by atoms with Crippen molar-refractivity contribution in [2.45, 2.75) is 19.3 Å². The summed E-state index contributed by atoms with van der Waals surface area (Å²) in [5.74, 6) is 0.198. The van der Waals surface area contributed by atoms with E-state index < -0.39 is 10.0 Å². The first kappa shape index (κ1) is 21.3. The fourth-order valence-electron chi connectivity index (χ4n) is 3.58. The Labute approximate surface area is 171 Å². The van der Waals surface area contributed by atoms with Gasteiger partial charge in [0.25, 0.3) is 0 Å². The molecule has 0 aromatic heterocycles. The highest BCUT2D eigenvalue weighted by Gasteiger charge is 2.21. The standard InChI is InChI=1S/C21H26FN3O3S/c1-29(27,28)24-20-4-2-3-19(14-20)23-21(26)15-25-11-9-17(10-12-25)13-16-5-7-18(22)8-6-16/h2-8,14,17,24H,9-13,15H2,1H3,(H,23,26). The summed E-state index contributed by atoms with van der Waals surface area (Å²) in [5.41, 5.74) is 2.10. The fraction of sp³-hybridized carbons (Fsp3) is 0.381. The molecule has 0 atom stereocenters. The number of halogens is 1. The van der Waals surface area contributed by atoms with Crippen LogP contribution in [-0.2, 0) is 21.2 Å². The maximum atomic E-state index is 13.0. The first-order chi connectivity index (χ1) is 13.8. The predicted molar refractivity (Wildman–Crippen MR) is 113 cm³/mol. The maximum absolute atomic E-state index is 13.0. The van der Waals surface area contributed by atoms with Crippen LogP contribution in [0.1, 0.15) is 18.4 Å². The normalized spacial score (nSPS) is 15.8. The Morgan fingerprint density at radius 1 is 1.10 bits per heavy atom.